The molecule has 0 heterocycles. The average molecular weight is 500 g/mol. The summed E-state index contributed by atoms with van der Waals surface area (Å²) in [6, 6.07) is 29.2. The fourth-order valence-corrected chi connectivity index (χ4v) is 4.41. The Hall–Kier alpha value is -2.35. The number of aliphatic hydroxyl groups excluding tert-OH is 1. The molecule has 3 aromatic carbocycles. The maximum atomic E-state index is 12.1. The second-order valence-corrected chi connectivity index (χ2v) is 10.7. The first-order valence-corrected chi connectivity index (χ1v) is 13.0. The van der Waals surface area contributed by atoms with Gasteiger partial charge in [0.05, 0.1) is 34.4 Å². The molecule has 1 N–H and O–H groups in total. The molecule has 0 aromatic heterocycles. The smallest absolute Gasteiger partial charge is 0.268 e. The number of aliphatic hydroxyl groups is 1. The van der Waals surface area contributed by atoms with Gasteiger partial charge in [-0.1, -0.05) is 91.0 Å². The van der Waals surface area contributed by atoms with Crippen LogP contribution in [-0.2, 0) is 24.0 Å². The quantitative estimate of drug-likeness (QED) is 0.220. The fourth-order valence-electron chi connectivity index (χ4n) is 3.68. The Bertz CT molecular complexity index is 976. The van der Waals surface area contributed by atoms with Crippen LogP contribution in [0.4, 0.5) is 0 Å². The predicted molar refractivity (Wildman–Crippen MR) is 134 cm³/mol. The van der Waals surface area contributed by atoms with E-state index >= 15 is 0 Å². The summed E-state index contributed by atoms with van der Waals surface area (Å²) < 4.78 is 29.0. The molecule has 0 bridgehead atoms. The van der Waals surface area contributed by atoms with Crippen molar-refractivity contribution in [2.24, 2.45) is 0 Å². The second kappa shape index (κ2) is 12.1. The van der Waals surface area contributed by atoms with Crippen LogP contribution in [0.1, 0.15) is 16.7 Å². The molecule has 0 aliphatic carbocycles. The van der Waals surface area contributed by atoms with Crippen LogP contribution in [0.2, 0.25) is 0 Å². The Morgan fingerprint density at radius 3 is 1.63 bits per heavy atom. The Balaban J connectivity index is 1.79. The molecule has 3 aromatic rings. The number of hydrogen-bond donors (Lipinski definition) is 1. The molecule has 8 heteroatoms. The molecule has 0 amide bonds. The van der Waals surface area contributed by atoms with Crippen molar-refractivity contribution in [1.29, 1.82) is 0 Å². The van der Waals surface area contributed by atoms with Gasteiger partial charge in [0.15, 0.2) is 0 Å². The van der Waals surface area contributed by atoms with E-state index in [1.54, 1.807) is 0 Å². The number of hydrogen-bond acceptors (Lipinski definition) is 6. The van der Waals surface area contributed by atoms with Gasteiger partial charge in [-0.15, -0.1) is 0 Å². The molecule has 2 atom stereocenters. The standard InChI is InChI=1S/C27H34NO6P/c1-28(2,3)19-20-33-35(30,31)34-22-26(29)21-32-27(23-13-7-4-8-14-23,24-15-9-5-10-16-24)25-17-11-6-12-18-25/h4-18,26,29H,19-22H2,1-3H3/t26-/m1/s1. The zero-order valence-corrected chi connectivity index (χ0v) is 21.3. The van der Waals surface area contributed by atoms with Gasteiger partial charge in [0.2, 0.25) is 0 Å². The van der Waals surface area contributed by atoms with Crippen molar-refractivity contribution in [2.75, 3.05) is 47.5 Å². The minimum absolute atomic E-state index is 0.00396. The van der Waals surface area contributed by atoms with Crippen LogP contribution in [0.15, 0.2) is 91.0 Å². The summed E-state index contributed by atoms with van der Waals surface area (Å²) in [5.74, 6) is 0. The lowest BCUT2D eigenvalue weighted by Gasteiger charge is -2.36. The number of phosphoric acid groups is 1. The Morgan fingerprint density at radius 1 is 0.800 bits per heavy atom. The van der Waals surface area contributed by atoms with E-state index in [1.807, 2.05) is 112 Å². The molecule has 7 nitrogen and oxygen atoms in total. The zero-order chi connectivity index (χ0) is 25.4. The summed E-state index contributed by atoms with van der Waals surface area (Å²) in [6.45, 7) is -0.151. The van der Waals surface area contributed by atoms with E-state index in [2.05, 4.69) is 0 Å². The van der Waals surface area contributed by atoms with E-state index in [4.69, 9.17) is 13.8 Å². The molecule has 1 unspecified atom stereocenters. The molecule has 0 saturated heterocycles. The van der Waals surface area contributed by atoms with Crippen LogP contribution in [0, 0.1) is 0 Å². The Morgan fingerprint density at radius 2 is 1.23 bits per heavy atom. The van der Waals surface area contributed by atoms with Gasteiger partial charge >= 0.3 is 0 Å². The summed E-state index contributed by atoms with van der Waals surface area (Å²) in [7, 11) is 1.24. The van der Waals surface area contributed by atoms with Gasteiger partial charge in [0, 0.05) is 0 Å². The van der Waals surface area contributed by atoms with Crippen molar-refractivity contribution in [1.82, 2.24) is 0 Å². The molecule has 3 rings (SSSR count). The molecule has 0 saturated carbocycles. The highest BCUT2D eigenvalue weighted by molar-refractivity contribution is 7.45. The number of rotatable bonds is 13. The summed E-state index contributed by atoms with van der Waals surface area (Å²) in [4.78, 5) is 12.1. The number of phosphoric ester groups is 1. The van der Waals surface area contributed by atoms with Crippen LogP contribution in [0.3, 0.4) is 0 Å². The van der Waals surface area contributed by atoms with E-state index < -0.39 is 26.1 Å². The third kappa shape index (κ3) is 7.82. The first kappa shape index (κ1) is 27.2. The van der Waals surface area contributed by atoms with Crippen LogP contribution in [0.25, 0.3) is 0 Å². The lowest BCUT2D eigenvalue weighted by molar-refractivity contribution is -0.870. The van der Waals surface area contributed by atoms with Gasteiger partial charge in [-0.05, 0) is 16.7 Å². The van der Waals surface area contributed by atoms with Gasteiger partial charge in [0.1, 0.15) is 24.9 Å². The van der Waals surface area contributed by atoms with Gasteiger partial charge in [0.25, 0.3) is 7.82 Å². The molecular weight excluding hydrogens is 465 g/mol. The summed E-state index contributed by atoms with van der Waals surface area (Å²) in [5, 5.41) is 10.6. The van der Waals surface area contributed by atoms with Crippen LogP contribution in [0.5, 0.6) is 0 Å². The second-order valence-electron chi connectivity index (χ2n) is 9.33. The molecule has 188 valence electrons. The maximum absolute atomic E-state index is 12.1. The van der Waals surface area contributed by atoms with Crippen LogP contribution >= 0.6 is 7.82 Å². The molecule has 0 aliphatic rings. The summed E-state index contributed by atoms with van der Waals surface area (Å²) in [5.41, 5.74) is 1.61. The molecule has 0 fully saturated rings. The third-order valence-electron chi connectivity index (χ3n) is 5.47. The Labute approximate surface area is 207 Å². The van der Waals surface area contributed by atoms with E-state index in [-0.39, 0.29) is 13.2 Å². The molecule has 0 radical (unpaired) electrons. The monoisotopic (exact) mass is 499 g/mol. The number of likely N-dealkylation sites (N-methyl/N-ethyl adjacent to an activating group) is 1. The summed E-state index contributed by atoms with van der Waals surface area (Å²) >= 11 is 0. The predicted octanol–water partition coefficient (Wildman–Crippen LogP) is 3.56. The minimum Gasteiger partial charge on any atom is -0.756 e. The van der Waals surface area contributed by atoms with Crippen molar-refractivity contribution in [3.63, 3.8) is 0 Å². The van der Waals surface area contributed by atoms with E-state index in [0.717, 1.165) is 16.7 Å². The van der Waals surface area contributed by atoms with Crippen molar-refractivity contribution in [3.8, 4) is 0 Å². The maximum Gasteiger partial charge on any atom is 0.268 e. The molecule has 35 heavy (non-hydrogen) atoms. The highest BCUT2D eigenvalue weighted by atomic mass is 31.2. The number of nitrogens with zero attached hydrogens (tertiary/aromatic N) is 1. The summed E-state index contributed by atoms with van der Waals surface area (Å²) in [6.07, 6.45) is -1.20. The number of quaternary nitrogens is 1. The van der Waals surface area contributed by atoms with Gasteiger partial charge in [-0.2, -0.15) is 0 Å². The molecule has 0 spiro atoms. The topological polar surface area (TPSA) is 88.1 Å². The lowest BCUT2D eigenvalue weighted by Crippen LogP contribution is -2.38. The van der Waals surface area contributed by atoms with Gasteiger partial charge in [-0.3, -0.25) is 4.57 Å². The van der Waals surface area contributed by atoms with E-state index in [0.29, 0.717) is 11.0 Å². The zero-order valence-electron chi connectivity index (χ0n) is 20.4. The Kier molecular flexibility index (Phi) is 9.39. The van der Waals surface area contributed by atoms with E-state index in [9.17, 15) is 14.6 Å². The van der Waals surface area contributed by atoms with Crippen molar-refractivity contribution in [3.05, 3.63) is 108 Å². The lowest BCUT2D eigenvalue weighted by atomic mass is 9.80. The highest BCUT2D eigenvalue weighted by Gasteiger charge is 2.38. The van der Waals surface area contributed by atoms with Gasteiger partial charge < -0.3 is 28.3 Å². The third-order valence-corrected chi connectivity index (χ3v) is 6.43. The van der Waals surface area contributed by atoms with Crippen molar-refractivity contribution in [2.45, 2.75) is 11.7 Å². The molecular formula is C27H34NO6P. The fraction of sp³-hybridized carbons (Fsp3) is 0.333. The number of ether oxygens (including phenoxy) is 1. The van der Waals surface area contributed by atoms with Crippen LogP contribution < -0.4 is 4.89 Å². The minimum atomic E-state index is -4.55. The normalized spacial score (nSPS) is 14.9. The largest absolute Gasteiger partial charge is 0.756 e. The highest BCUT2D eigenvalue weighted by Crippen LogP contribution is 2.41. The van der Waals surface area contributed by atoms with Gasteiger partial charge in [-0.25, -0.2) is 0 Å². The van der Waals surface area contributed by atoms with Crippen molar-refractivity contribution >= 4 is 7.82 Å². The first-order chi connectivity index (χ1) is 16.6. The van der Waals surface area contributed by atoms with E-state index in [1.165, 1.54) is 0 Å². The van der Waals surface area contributed by atoms with Crippen molar-refractivity contribution < 1.29 is 32.8 Å². The first-order valence-electron chi connectivity index (χ1n) is 11.5. The number of benzene rings is 3. The average Bonchev–Trinajstić information content (AvgIpc) is 2.84. The molecule has 0 aliphatic heterocycles. The van der Waals surface area contributed by atoms with Crippen LogP contribution in [-0.4, -0.2) is 63.2 Å². The SMILES string of the molecule is C[N+](C)(C)CCOP(=O)([O-])OC[C@H](O)COC(c1ccccc1)(c1ccccc1)c1ccccc1.